The molecule has 2 aromatic carbocycles. The van der Waals surface area contributed by atoms with Crippen molar-refractivity contribution in [1.82, 2.24) is 19.2 Å². The summed E-state index contributed by atoms with van der Waals surface area (Å²) in [6, 6.07) is 21.3. The molecule has 1 atom stereocenters. The van der Waals surface area contributed by atoms with Gasteiger partial charge in [-0.3, -0.25) is 9.59 Å². The molecule has 0 radical (unpaired) electrons. The van der Waals surface area contributed by atoms with Crippen LogP contribution in [0.25, 0.3) is 11.5 Å². The lowest BCUT2D eigenvalue weighted by Gasteiger charge is -2.32. The maximum atomic E-state index is 13.7. The highest BCUT2D eigenvalue weighted by Gasteiger charge is 2.31. The van der Waals surface area contributed by atoms with Crippen LogP contribution in [-0.2, 0) is 4.79 Å². The Morgan fingerprint density at radius 3 is 2.47 bits per heavy atom. The number of carbonyl (C=O) groups is 2. The van der Waals surface area contributed by atoms with Gasteiger partial charge >= 0.3 is 0 Å². The van der Waals surface area contributed by atoms with E-state index in [4.69, 9.17) is 0 Å². The van der Waals surface area contributed by atoms with Crippen molar-refractivity contribution in [3.05, 3.63) is 96.4 Å². The fourth-order valence-electron chi connectivity index (χ4n) is 4.47. The van der Waals surface area contributed by atoms with E-state index >= 15 is 0 Å². The molecule has 7 nitrogen and oxygen atoms in total. The van der Waals surface area contributed by atoms with Crippen LogP contribution in [0.5, 0.6) is 0 Å². The second kappa shape index (κ2) is 9.39. The predicted octanol–water partition coefficient (Wildman–Crippen LogP) is 4.46. The van der Waals surface area contributed by atoms with Crippen LogP contribution in [0.1, 0.15) is 28.8 Å². The highest BCUT2D eigenvalue weighted by atomic mass is 16.2. The Kier molecular flexibility index (Phi) is 5.99. The van der Waals surface area contributed by atoms with Gasteiger partial charge in [0, 0.05) is 31.2 Å². The number of piperidine rings is 1. The van der Waals surface area contributed by atoms with Gasteiger partial charge in [0.1, 0.15) is 5.56 Å². The Morgan fingerprint density at radius 1 is 0.971 bits per heavy atom. The number of aromatic nitrogens is 3. The number of benzene rings is 2. The molecule has 0 unspecified atom stereocenters. The Bertz CT molecular complexity index is 1290. The lowest BCUT2D eigenvalue weighted by Crippen LogP contribution is -2.44. The van der Waals surface area contributed by atoms with E-state index in [-0.39, 0.29) is 17.7 Å². The molecule has 172 valence electrons. The molecule has 0 aliphatic carbocycles. The number of para-hydroxylation sites is 2. The largest absolute Gasteiger partial charge is 0.338 e. The number of nitrogens with one attached hydrogen (secondary N) is 1. The standard InChI is InChI=1S/C27H27N5O2/c1-20-10-5-6-14-24(20)29-25(33)21-11-9-17-31(19-21)27(34)23-18-28-32(22-12-3-2-4-13-22)26(23)30-15-7-8-16-30/h2-8,10,12-16,18,21H,9,11,17,19H2,1H3,(H,29,33)/t21-/m0/s1. The smallest absolute Gasteiger partial charge is 0.259 e. The van der Waals surface area contributed by atoms with Gasteiger partial charge in [-0.25, -0.2) is 4.68 Å². The summed E-state index contributed by atoms with van der Waals surface area (Å²) in [6.07, 6.45) is 6.98. The van der Waals surface area contributed by atoms with Crippen molar-refractivity contribution in [2.75, 3.05) is 18.4 Å². The number of hydrogen-bond donors (Lipinski definition) is 1. The van der Waals surface area contributed by atoms with Crippen LogP contribution in [0.2, 0.25) is 0 Å². The molecule has 3 heterocycles. The number of carbonyl (C=O) groups excluding carboxylic acids is 2. The van der Waals surface area contributed by atoms with E-state index in [9.17, 15) is 9.59 Å². The summed E-state index contributed by atoms with van der Waals surface area (Å²) in [4.78, 5) is 28.4. The zero-order chi connectivity index (χ0) is 23.5. The van der Waals surface area contributed by atoms with Crippen LogP contribution in [-0.4, -0.2) is 44.2 Å². The van der Waals surface area contributed by atoms with Gasteiger partial charge in [0.25, 0.3) is 5.91 Å². The molecule has 1 fully saturated rings. The topological polar surface area (TPSA) is 72.2 Å². The second-order valence-corrected chi connectivity index (χ2v) is 8.61. The summed E-state index contributed by atoms with van der Waals surface area (Å²) in [5.74, 6) is 0.279. The van der Waals surface area contributed by atoms with Crippen LogP contribution in [0.3, 0.4) is 0 Å². The SMILES string of the molecule is Cc1ccccc1NC(=O)[C@H]1CCCN(C(=O)c2cnn(-c3ccccc3)c2-n2cccc2)C1. The highest BCUT2D eigenvalue weighted by Crippen LogP contribution is 2.25. The molecule has 2 amide bonds. The zero-order valence-corrected chi connectivity index (χ0v) is 19.1. The van der Waals surface area contributed by atoms with E-state index in [1.165, 1.54) is 0 Å². The van der Waals surface area contributed by atoms with Gasteiger partial charge in [-0.2, -0.15) is 5.10 Å². The zero-order valence-electron chi connectivity index (χ0n) is 19.1. The third-order valence-electron chi connectivity index (χ3n) is 6.31. The normalized spacial score (nSPS) is 15.8. The minimum atomic E-state index is -0.253. The number of hydrogen-bond acceptors (Lipinski definition) is 3. The first-order valence-electron chi connectivity index (χ1n) is 11.5. The van der Waals surface area contributed by atoms with Crippen molar-refractivity contribution in [3.63, 3.8) is 0 Å². The Hall–Kier alpha value is -4.13. The molecule has 0 bridgehead atoms. The Labute approximate surface area is 198 Å². The Balaban J connectivity index is 1.40. The molecule has 0 spiro atoms. The number of anilines is 1. The average Bonchev–Trinajstić information content (AvgIpc) is 3.55. The number of nitrogens with zero attached hydrogens (tertiary/aromatic N) is 4. The van der Waals surface area contributed by atoms with Crippen molar-refractivity contribution in [2.45, 2.75) is 19.8 Å². The number of likely N-dealkylation sites (tertiary alicyclic amines) is 1. The van der Waals surface area contributed by atoms with Crippen molar-refractivity contribution in [3.8, 4) is 11.5 Å². The fourth-order valence-corrected chi connectivity index (χ4v) is 4.47. The summed E-state index contributed by atoms with van der Waals surface area (Å²) in [5, 5.41) is 7.59. The molecule has 5 rings (SSSR count). The molecule has 1 aliphatic heterocycles. The first kappa shape index (κ1) is 21.7. The molecule has 2 aromatic heterocycles. The minimum Gasteiger partial charge on any atom is -0.338 e. The third-order valence-corrected chi connectivity index (χ3v) is 6.31. The van der Waals surface area contributed by atoms with Crippen molar-refractivity contribution >= 4 is 17.5 Å². The minimum absolute atomic E-state index is 0.0441. The predicted molar refractivity (Wildman–Crippen MR) is 131 cm³/mol. The maximum absolute atomic E-state index is 13.7. The molecule has 1 aliphatic rings. The van der Waals surface area contributed by atoms with Crippen molar-refractivity contribution in [2.24, 2.45) is 5.92 Å². The summed E-state index contributed by atoms with van der Waals surface area (Å²) < 4.78 is 3.68. The monoisotopic (exact) mass is 453 g/mol. The van der Waals surface area contributed by atoms with E-state index in [1.807, 2.05) is 90.6 Å². The quantitative estimate of drug-likeness (QED) is 0.485. The lowest BCUT2D eigenvalue weighted by atomic mass is 9.96. The lowest BCUT2D eigenvalue weighted by molar-refractivity contribution is -0.121. The highest BCUT2D eigenvalue weighted by molar-refractivity contribution is 5.98. The Morgan fingerprint density at radius 2 is 1.71 bits per heavy atom. The number of amides is 2. The molecule has 0 saturated carbocycles. The molecule has 4 aromatic rings. The van der Waals surface area contributed by atoms with E-state index in [0.29, 0.717) is 24.5 Å². The van der Waals surface area contributed by atoms with Crippen LogP contribution in [0.4, 0.5) is 5.69 Å². The van der Waals surface area contributed by atoms with Crippen LogP contribution < -0.4 is 5.32 Å². The van der Waals surface area contributed by atoms with E-state index in [0.717, 1.165) is 29.8 Å². The molecule has 1 saturated heterocycles. The number of aryl methyl sites for hydroxylation is 1. The molecular formula is C27H27N5O2. The maximum Gasteiger partial charge on any atom is 0.259 e. The van der Waals surface area contributed by atoms with Gasteiger partial charge in [-0.1, -0.05) is 36.4 Å². The first-order chi connectivity index (χ1) is 16.6. The van der Waals surface area contributed by atoms with E-state index < -0.39 is 0 Å². The van der Waals surface area contributed by atoms with Gasteiger partial charge in [0.05, 0.1) is 17.8 Å². The summed E-state index contributed by atoms with van der Waals surface area (Å²) in [6.45, 7) is 2.98. The van der Waals surface area contributed by atoms with E-state index in [2.05, 4.69) is 10.4 Å². The fraction of sp³-hybridized carbons (Fsp3) is 0.222. The van der Waals surface area contributed by atoms with Gasteiger partial charge in [-0.15, -0.1) is 0 Å². The molecule has 34 heavy (non-hydrogen) atoms. The summed E-state index contributed by atoms with van der Waals surface area (Å²) in [7, 11) is 0. The summed E-state index contributed by atoms with van der Waals surface area (Å²) >= 11 is 0. The van der Waals surface area contributed by atoms with Gasteiger partial charge < -0.3 is 14.8 Å². The van der Waals surface area contributed by atoms with Gasteiger partial charge in [-0.05, 0) is 55.7 Å². The first-order valence-corrected chi connectivity index (χ1v) is 11.5. The van der Waals surface area contributed by atoms with Crippen LogP contribution in [0, 0.1) is 12.8 Å². The molecule has 1 N–H and O–H groups in total. The third kappa shape index (κ3) is 4.24. The second-order valence-electron chi connectivity index (χ2n) is 8.61. The summed E-state index contributed by atoms with van der Waals surface area (Å²) in [5.41, 5.74) is 3.22. The average molecular weight is 454 g/mol. The van der Waals surface area contributed by atoms with Gasteiger partial charge in [0.2, 0.25) is 5.91 Å². The van der Waals surface area contributed by atoms with E-state index in [1.54, 1.807) is 15.8 Å². The molecule has 7 heteroatoms. The molecular weight excluding hydrogens is 426 g/mol. The van der Waals surface area contributed by atoms with Crippen LogP contribution >= 0.6 is 0 Å². The number of rotatable bonds is 5. The van der Waals surface area contributed by atoms with Gasteiger partial charge in [0.15, 0.2) is 5.82 Å². The van der Waals surface area contributed by atoms with Crippen molar-refractivity contribution in [1.29, 1.82) is 0 Å². The van der Waals surface area contributed by atoms with Crippen molar-refractivity contribution < 1.29 is 9.59 Å². The van der Waals surface area contributed by atoms with Crippen LogP contribution in [0.15, 0.2) is 85.3 Å².